The van der Waals surface area contributed by atoms with Gasteiger partial charge in [0, 0.05) is 45.8 Å². The standard InChI is InChI=1S/C16H26N6O3/c1-13-5-3-4-6-21(13)14(23)11-19-7-9-20(10-8-19)16-15(22(24)25)17-12-18(16)2/h12-13H,3-11H2,1-2H3. The fraction of sp³-hybridized carbons (Fsp3) is 0.750. The van der Waals surface area contributed by atoms with E-state index in [-0.39, 0.29) is 11.7 Å². The minimum absolute atomic E-state index is 0.103. The second-order valence-electron chi connectivity index (χ2n) is 6.95. The lowest BCUT2D eigenvalue weighted by atomic mass is 10.0. The van der Waals surface area contributed by atoms with Gasteiger partial charge in [-0.3, -0.25) is 14.3 Å². The van der Waals surface area contributed by atoms with Gasteiger partial charge in [-0.15, -0.1) is 0 Å². The van der Waals surface area contributed by atoms with Gasteiger partial charge in [-0.05, 0) is 36.1 Å². The third-order valence-electron chi connectivity index (χ3n) is 5.21. The second kappa shape index (κ2) is 7.38. The molecule has 0 aliphatic carbocycles. The number of piperidine rings is 1. The Labute approximate surface area is 147 Å². The van der Waals surface area contributed by atoms with Crippen molar-refractivity contribution < 1.29 is 9.72 Å². The van der Waals surface area contributed by atoms with E-state index in [1.807, 2.05) is 9.80 Å². The van der Waals surface area contributed by atoms with Crippen molar-refractivity contribution in [3.05, 3.63) is 16.4 Å². The summed E-state index contributed by atoms with van der Waals surface area (Å²) in [6, 6.07) is 0.333. The summed E-state index contributed by atoms with van der Waals surface area (Å²) in [4.78, 5) is 33.2. The first-order valence-electron chi connectivity index (χ1n) is 8.90. The molecule has 3 heterocycles. The van der Waals surface area contributed by atoms with Crippen molar-refractivity contribution in [3.8, 4) is 0 Å². The van der Waals surface area contributed by atoms with E-state index in [4.69, 9.17) is 0 Å². The molecule has 9 nitrogen and oxygen atoms in total. The Morgan fingerprint density at radius 2 is 2.00 bits per heavy atom. The molecule has 0 radical (unpaired) electrons. The van der Waals surface area contributed by atoms with Gasteiger partial charge in [0.05, 0.1) is 6.54 Å². The summed E-state index contributed by atoms with van der Waals surface area (Å²) < 4.78 is 1.69. The number of nitrogens with zero attached hydrogens (tertiary/aromatic N) is 6. The summed E-state index contributed by atoms with van der Waals surface area (Å²) in [7, 11) is 1.77. The average molecular weight is 350 g/mol. The maximum Gasteiger partial charge on any atom is 0.406 e. The predicted octanol–water partition coefficient (Wildman–Crippen LogP) is 0.851. The number of nitro groups is 1. The zero-order chi connectivity index (χ0) is 18.0. The minimum Gasteiger partial charge on any atom is -0.358 e. The van der Waals surface area contributed by atoms with Gasteiger partial charge in [0.2, 0.25) is 18.1 Å². The fourth-order valence-electron chi connectivity index (χ4n) is 3.77. The Kier molecular flexibility index (Phi) is 5.22. The molecular formula is C16H26N6O3. The Balaban J connectivity index is 1.56. The predicted molar refractivity (Wildman–Crippen MR) is 93.5 cm³/mol. The number of rotatable bonds is 4. The number of hydrogen-bond donors (Lipinski definition) is 0. The largest absolute Gasteiger partial charge is 0.406 e. The molecule has 9 heteroatoms. The van der Waals surface area contributed by atoms with E-state index in [1.54, 1.807) is 11.6 Å². The molecular weight excluding hydrogens is 324 g/mol. The Bertz CT molecular complexity index is 638. The zero-order valence-electron chi connectivity index (χ0n) is 14.9. The monoisotopic (exact) mass is 350 g/mol. The number of aromatic nitrogens is 2. The summed E-state index contributed by atoms with van der Waals surface area (Å²) in [5.41, 5.74) is 0. The van der Waals surface area contributed by atoms with E-state index >= 15 is 0 Å². The van der Waals surface area contributed by atoms with Crippen LogP contribution in [-0.4, -0.2) is 75.5 Å². The topological polar surface area (TPSA) is 87.8 Å². The first-order valence-corrected chi connectivity index (χ1v) is 8.90. The van der Waals surface area contributed by atoms with Crippen molar-refractivity contribution in [2.24, 2.45) is 7.05 Å². The molecule has 0 bridgehead atoms. The molecule has 0 aromatic carbocycles. The van der Waals surface area contributed by atoms with Crippen molar-refractivity contribution in [1.82, 2.24) is 19.4 Å². The molecule has 2 aliphatic rings. The lowest BCUT2D eigenvalue weighted by molar-refractivity contribution is -0.388. The van der Waals surface area contributed by atoms with Gasteiger partial charge >= 0.3 is 5.82 Å². The third kappa shape index (κ3) is 3.76. The van der Waals surface area contributed by atoms with Crippen LogP contribution in [0.2, 0.25) is 0 Å². The van der Waals surface area contributed by atoms with E-state index < -0.39 is 4.92 Å². The molecule has 1 atom stereocenters. The van der Waals surface area contributed by atoms with Gasteiger partial charge in [-0.1, -0.05) is 0 Å². The van der Waals surface area contributed by atoms with Crippen LogP contribution < -0.4 is 4.90 Å². The van der Waals surface area contributed by atoms with Crippen LogP contribution in [0.5, 0.6) is 0 Å². The van der Waals surface area contributed by atoms with Crippen LogP contribution in [0.4, 0.5) is 11.6 Å². The molecule has 2 fully saturated rings. The molecule has 1 aromatic rings. The molecule has 2 saturated heterocycles. The first kappa shape index (κ1) is 17.7. The molecule has 0 saturated carbocycles. The Morgan fingerprint density at radius 1 is 1.28 bits per heavy atom. The van der Waals surface area contributed by atoms with E-state index in [0.717, 1.165) is 32.5 Å². The number of carbonyl (C=O) groups is 1. The number of likely N-dealkylation sites (tertiary alicyclic amines) is 1. The lowest BCUT2D eigenvalue weighted by Crippen LogP contribution is -2.52. The van der Waals surface area contributed by atoms with Crippen LogP contribution in [0, 0.1) is 10.1 Å². The molecule has 1 amide bonds. The van der Waals surface area contributed by atoms with Crippen LogP contribution in [0.1, 0.15) is 26.2 Å². The number of piperazine rings is 1. The normalized spacial score (nSPS) is 22.2. The third-order valence-corrected chi connectivity index (χ3v) is 5.21. The molecule has 138 valence electrons. The van der Waals surface area contributed by atoms with Crippen molar-refractivity contribution in [2.45, 2.75) is 32.2 Å². The number of aryl methyl sites for hydroxylation is 1. The lowest BCUT2D eigenvalue weighted by Gasteiger charge is -2.38. The number of hydrogen-bond acceptors (Lipinski definition) is 6. The van der Waals surface area contributed by atoms with Crippen molar-refractivity contribution in [2.75, 3.05) is 44.2 Å². The Hall–Kier alpha value is -2.16. The van der Waals surface area contributed by atoms with E-state index in [1.165, 1.54) is 12.7 Å². The van der Waals surface area contributed by atoms with E-state index in [2.05, 4.69) is 16.8 Å². The smallest absolute Gasteiger partial charge is 0.358 e. The van der Waals surface area contributed by atoms with Gasteiger partial charge in [-0.2, -0.15) is 0 Å². The summed E-state index contributed by atoms with van der Waals surface area (Å²) in [5.74, 6) is 0.641. The highest BCUT2D eigenvalue weighted by molar-refractivity contribution is 5.78. The van der Waals surface area contributed by atoms with E-state index in [9.17, 15) is 14.9 Å². The highest BCUT2D eigenvalue weighted by atomic mass is 16.6. The maximum atomic E-state index is 12.6. The summed E-state index contributed by atoms with van der Waals surface area (Å²) in [5, 5.41) is 11.1. The molecule has 0 N–H and O–H groups in total. The van der Waals surface area contributed by atoms with Gasteiger partial charge in [0.25, 0.3) is 0 Å². The molecule has 3 rings (SSSR count). The molecule has 25 heavy (non-hydrogen) atoms. The first-order chi connectivity index (χ1) is 12.0. The van der Waals surface area contributed by atoms with Gasteiger partial charge < -0.3 is 19.9 Å². The highest BCUT2D eigenvalue weighted by Gasteiger charge is 2.30. The van der Waals surface area contributed by atoms with Gasteiger partial charge in [0.15, 0.2) is 0 Å². The SMILES string of the molecule is CC1CCCCN1C(=O)CN1CCN(c2c([N+](=O)[O-])ncn2C)CC1. The van der Waals surface area contributed by atoms with Crippen LogP contribution in [-0.2, 0) is 11.8 Å². The second-order valence-corrected chi connectivity index (χ2v) is 6.95. The summed E-state index contributed by atoms with van der Waals surface area (Å²) in [6.07, 6.45) is 4.85. The van der Waals surface area contributed by atoms with Crippen LogP contribution in [0.25, 0.3) is 0 Å². The van der Waals surface area contributed by atoms with Gasteiger partial charge in [0.1, 0.15) is 0 Å². The average Bonchev–Trinajstić information content (AvgIpc) is 2.98. The zero-order valence-corrected chi connectivity index (χ0v) is 14.9. The molecule has 2 aliphatic heterocycles. The summed E-state index contributed by atoms with van der Waals surface area (Å²) >= 11 is 0. The quantitative estimate of drug-likeness (QED) is 0.591. The summed E-state index contributed by atoms with van der Waals surface area (Å²) in [6.45, 7) is 6.17. The van der Waals surface area contributed by atoms with Crippen LogP contribution >= 0.6 is 0 Å². The minimum atomic E-state index is -0.441. The molecule has 1 aromatic heterocycles. The molecule has 0 spiro atoms. The van der Waals surface area contributed by atoms with Crippen molar-refractivity contribution in [1.29, 1.82) is 0 Å². The fourth-order valence-corrected chi connectivity index (χ4v) is 3.77. The number of amides is 1. The number of carbonyl (C=O) groups excluding carboxylic acids is 1. The number of anilines is 1. The van der Waals surface area contributed by atoms with Gasteiger partial charge in [-0.25, -0.2) is 0 Å². The number of imidazole rings is 1. The highest BCUT2D eigenvalue weighted by Crippen LogP contribution is 2.26. The van der Waals surface area contributed by atoms with Crippen molar-refractivity contribution in [3.63, 3.8) is 0 Å². The molecule has 1 unspecified atom stereocenters. The van der Waals surface area contributed by atoms with Crippen LogP contribution in [0.3, 0.4) is 0 Å². The Morgan fingerprint density at radius 3 is 2.64 bits per heavy atom. The van der Waals surface area contributed by atoms with Crippen LogP contribution in [0.15, 0.2) is 6.33 Å². The maximum absolute atomic E-state index is 12.6. The van der Waals surface area contributed by atoms with E-state index in [0.29, 0.717) is 31.5 Å². The van der Waals surface area contributed by atoms with Crippen molar-refractivity contribution >= 4 is 17.5 Å².